The van der Waals surface area contributed by atoms with Gasteiger partial charge in [-0.1, -0.05) is 12.1 Å². The molecule has 0 aliphatic rings. The first-order chi connectivity index (χ1) is 11.6. The highest BCUT2D eigenvalue weighted by molar-refractivity contribution is 7.17. The standard InChI is InChI=1S/C17H16N2O4S/c1-3-23-14(20)8-13-18-16(21)15-12(9-24-17(15)19-13)10-4-6-11(22-2)7-5-10/h4-7,9H,3,8H2,1-2H3,(H,18,19,21). The highest BCUT2D eigenvalue weighted by atomic mass is 32.1. The molecule has 124 valence electrons. The molecule has 6 nitrogen and oxygen atoms in total. The van der Waals surface area contributed by atoms with E-state index in [0.29, 0.717) is 22.6 Å². The summed E-state index contributed by atoms with van der Waals surface area (Å²) in [6.07, 6.45) is -0.0468. The molecule has 0 spiro atoms. The maximum absolute atomic E-state index is 12.5. The Morgan fingerprint density at radius 1 is 1.29 bits per heavy atom. The summed E-state index contributed by atoms with van der Waals surface area (Å²) in [7, 11) is 1.61. The van der Waals surface area contributed by atoms with E-state index in [1.165, 1.54) is 11.3 Å². The molecule has 0 bridgehead atoms. The van der Waals surface area contributed by atoms with Crippen molar-refractivity contribution in [2.45, 2.75) is 13.3 Å². The maximum atomic E-state index is 12.5. The van der Waals surface area contributed by atoms with Gasteiger partial charge in [0.1, 0.15) is 22.8 Å². The second-order valence-electron chi connectivity index (χ2n) is 5.05. The summed E-state index contributed by atoms with van der Waals surface area (Å²) in [5.74, 6) is 0.656. The number of nitrogens with one attached hydrogen (secondary N) is 1. The summed E-state index contributed by atoms with van der Waals surface area (Å²) in [4.78, 5) is 31.7. The molecular formula is C17H16N2O4S. The Morgan fingerprint density at radius 3 is 2.71 bits per heavy atom. The van der Waals surface area contributed by atoms with Gasteiger partial charge in [0.15, 0.2) is 0 Å². The Bertz CT molecular complexity index is 928. The molecule has 0 aliphatic carbocycles. The average molecular weight is 344 g/mol. The minimum Gasteiger partial charge on any atom is -0.497 e. The molecule has 0 saturated heterocycles. The van der Waals surface area contributed by atoms with Gasteiger partial charge in [0.05, 0.1) is 19.1 Å². The summed E-state index contributed by atoms with van der Waals surface area (Å²) in [5, 5.41) is 2.42. The van der Waals surface area contributed by atoms with Crippen LogP contribution in [-0.4, -0.2) is 29.7 Å². The van der Waals surface area contributed by atoms with Crippen molar-refractivity contribution in [2.24, 2.45) is 0 Å². The van der Waals surface area contributed by atoms with Crippen LogP contribution in [0.4, 0.5) is 0 Å². The number of hydrogen-bond acceptors (Lipinski definition) is 6. The summed E-state index contributed by atoms with van der Waals surface area (Å²) >= 11 is 1.37. The summed E-state index contributed by atoms with van der Waals surface area (Å²) in [5.41, 5.74) is 1.47. The fraction of sp³-hybridized carbons (Fsp3) is 0.235. The molecule has 7 heteroatoms. The van der Waals surface area contributed by atoms with Crippen molar-refractivity contribution >= 4 is 27.5 Å². The van der Waals surface area contributed by atoms with Crippen molar-refractivity contribution in [1.29, 1.82) is 0 Å². The number of nitrogens with zero attached hydrogens (tertiary/aromatic N) is 1. The van der Waals surface area contributed by atoms with Gasteiger partial charge in [0, 0.05) is 10.9 Å². The van der Waals surface area contributed by atoms with Crippen LogP contribution in [0.3, 0.4) is 0 Å². The van der Waals surface area contributed by atoms with E-state index in [1.807, 2.05) is 29.6 Å². The Morgan fingerprint density at radius 2 is 2.04 bits per heavy atom. The largest absolute Gasteiger partial charge is 0.497 e. The minimum atomic E-state index is -0.410. The number of ether oxygens (including phenoxy) is 2. The van der Waals surface area contributed by atoms with E-state index in [0.717, 1.165) is 16.9 Å². The van der Waals surface area contributed by atoms with E-state index in [4.69, 9.17) is 9.47 Å². The van der Waals surface area contributed by atoms with E-state index in [-0.39, 0.29) is 12.0 Å². The number of carbonyl (C=O) groups excluding carboxylic acids is 1. The van der Waals surface area contributed by atoms with Crippen molar-refractivity contribution in [2.75, 3.05) is 13.7 Å². The van der Waals surface area contributed by atoms with Crippen molar-refractivity contribution in [3.8, 4) is 16.9 Å². The zero-order valence-corrected chi connectivity index (χ0v) is 14.1. The van der Waals surface area contributed by atoms with E-state index in [2.05, 4.69) is 9.97 Å². The number of benzene rings is 1. The van der Waals surface area contributed by atoms with E-state index in [1.54, 1.807) is 14.0 Å². The van der Waals surface area contributed by atoms with Gasteiger partial charge in [-0.25, -0.2) is 4.98 Å². The van der Waals surface area contributed by atoms with Gasteiger partial charge in [-0.3, -0.25) is 9.59 Å². The fourth-order valence-corrected chi connectivity index (χ4v) is 3.38. The maximum Gasteiger partial charge on any atom is 0.313 e. The lowest BCUT2D eigenvalue weighted by atomic mass is 10.1. The lowest BCUT2D eigenvalue weighted by molar-refractivity contribution is -0.142. The van der Waals surface area contributed by atoms with Gasteiger partial charge >= 0.3 is 5.97 Å². The number of aromatic nitrogens is 2. The number of fused-ring (bicyclic) bond motifs is 1. The summed E-state index contributed by atoms with van der Waals surface area (Å²) < 4.78 is 10.0. The Balaban J connectivity index is 2.00. The number of methoxy groups -OCH3 is 1. The minimum absolute atomic E-state index is 0.0468. The molecule has 0 unspecified atom stereocenters. The molecule has 0 saturated carbocycles. The normalized spacial score (nSPS) is 10.8. The highest BCUT2D eigenvalue weighted by Crippen LogP contribution is 2.31. The van der Waals surface area contributed by atoms with Crippen LogP contribution in [0.5, 0.6) is 5.75 Å². The lowest BCUT2D eigenvalue weighted by Crippen LogP contribution is -2.16. The molecule has 0 amide bonds. The third-order valence-electron chi connectivity index (χ3n) is 3.51. The first kappa shape index (κ1) is 16.2. The second-order valence-corrected chi connectivity index (χ2v) is 5.91. The smallest absolute Gasteiger partial charge is 0.313 e. The molecule has 3 aromatic rings. The number of carbonyl (C=O) groups is 1. The van der Waals surface area contributed by atoms with Crippen LogP contribution < -0.4 is 10.3 Å². The Kier molecular flexibility index (Phi) is 4.61. The molecule has 24 heavy (non-hydrogen) atoms. The third-order valence-corrected chi connectivity index (χ3v) is 4.38. The van der Waals surface area contributed by atoms with Gasteiger partial charge in [-0.15, -0.1) is 11.3 Å². The number of esters is 1. The molecular weight excluding hydrogens is 328 g/mol. The molecule has 2 heterocycles. The Hall–Kier alpha value is -2.67. The van der Waals surface area contributed by atoms with Crippen molar-refractivity contribution < 1.29 is 14.3 Å². The van der Waals surface area contributed by atoms with Gasteiger partial charge in [-0.05, 0) is 24.6 Å². The first-order valence-corrected chi connectivity index (χ1v) is 8.30. The van der Waals surface area contributed by atoms with Gasteiger partial charge in [0.25, 0.3) is 5.56 Å². The first-order valence-electron chi connectivity index (χ1n) is 7.42. The van der Waals surface area contributed by atoms with Gasteiger partial charge < -0.3 is 14.5 Å². The van der Waals surface area contributed by atoms with Crippen molar-refractivity contribution in [3.63, 3.8) is 0 Å². The summed E-state index contributed by atoms with van der Waals surface area (Å²) in [6, 6.07) is 7.48. The molecule has 2 aromatic heterocycles. The average Bonchev–Trinajstić information content (AvgIpc) is 2.99. The zero-order valence-electron chi connectivity index (χ0n) is 13.3. The molecule has 3 rings (SSSR count). The van der Waals surface area contributed by atoms with Crippen LogP contribution in [0.25, 0.3) is 21.3 Å². The van der Waals surface area contributed by atoms with E-state index in [9.17, 15) is 9.59 Å². The number of thiophene rings is 1. The monoisotopic (exact) mass is 344 g/mol. The molecule has 1 N–H and O–H groups in total. The van der Waals surface area contributed by atoms with Crippen LogP contribution in [0.15, 0.2) is 34.4 Å². The SMILES string of the molecule is CCOC(=O)Cc1nc2scc(-c3ccc(OC)cc3)c2c(=O)[nH]1. The van der Waals surface area contributed by atoms with Crippen LogP contribution >= 0.6 is 11.3 Å². The summed E-state index contributed by atoms with van der Waals surface area (Å²) in [6.45, 7) is 2.03. The number of H-pyrrole nitrogens is 1. The Labute approximate surface area is 142 Å². The molecule has 0 fully saturated rings. The van der Waals surface area contributed by atoms with Crippen molar-refractivity contribution in [1.82, 2.24) is 9.97 Å². The van der Waals surface area contributed by atoms with Crippen LogP contribution in [-0.2, 0) is 16.0 Å². The topological polar surface area (TPSA) is 81.3 Å². The zero-order chi connectivity index (χ0) is 17.1. The highest BCUT2D eigenvalue weighted by Gasteiger charge is 2.14. The molecule has 0 radical (unpaired) electrons. The van der Waals surface area contributed by atoms with E-state index < -0.39 is 5.97 Å². The van der Waals surface area contributed by atoms with Gasteiger partial charge in [-0.2, -0.15) is 0 Å². The number of aromatic amines is 1. The fourth-order valence-electron chi connectivity index (χ4n) is 2.41. The molecule has 0 atom stereocenters. The van der Waals surface area contributed by atoms with Crippen LogP contribution in [0, 0.1) is 0 Å². The van der Waals surface area contributed by atoms with Crippen molar-refractivity contribution in [3.05, 3.63) is 45.8 Å². The number of rotatable bonds is 5. The number of hydrogen-bond donors (Lipinski definition) is 1. The predicted molar refractivity (Wildman–Crippen MR) is 92.6 cm³/mol. The lowest BCUT2D eigenvalue weighted by Gasteiger charge is -2.04. The van der Waals surface area contributed by atoms with Crippen LogP contribution in [0.2, 0.25) is 0 Å². The quantitative estimate of drug-likeness (QED) is 0.720. The second kappa shape index (κ2) is 6.84. The predicted octanol–water partition coefficient (Wildman–Crippen LogP) is 2.77. The molecule has 0 aliphatic heterocycles. The third kappa shape index (κ3) is 3.16. The van der Waals surface area contributed by atoms with E-state index >= 15 is 0 Å². The van der Waals surface area contributed by atoms with Crippen LogP contribution in [0.1, 0.15) is 12.7 Å². The van der Waals surface area contributed by atoms with Gasteiger partial charge in [0.2, 0.25) is 0 Å². The molecule has 1 aromatic carbocycles.